The van der Waals surface area contributed by atoms with Crippen molar-refractivity contribution in [1.29, 1.82) is 0 Å². The van der Waals surface area contributed by atoms with E-state index in [0.29, 0.717) is 11.5 Å². The molecule has 0 radical (unpaired) electrons. The number of aromatic hydroxyl groups is 1. The molecule has 2 heterocycles. The second-order valence-corrected chi connectivity index (χ2v) is 6.60. The number of halogens is 1. The summed E-state index contributed by atoms with van der Waals surface area (Å²) in [5.74, 6) is 0.564. The van der Waals surface area contributed by atoms with Crippen molar-refractivity contribution in [3.8, 4) is 28.3 Å². The predicted octanol–water partition coefficient (Wildman–Crippen LogP) is 5.00. The summed E-state index contributed by atoms with van der Waals surface area (Å²) < 4.78 is 13.3. The van der Waals surface area contributed by atoms with Gasteiger partial charge in [0.05, 0.1) is 16.6 Å². The van der Waals surface area contributed by atoms with Gasteiger partial charge in [0.2, 0.25) is 0 Å². The number of H-pyrrole nitrogens is 1. The van der Waals surface area contributed by atoms with Gasteiger partial charge in [0, 0.05) is 23.5 Å². The summed E-state index contributed by atoms with van der Waals surface area (Å²) in [6, 6.07) is 16.9. The van der Waals surface area contributed by atoms with Gasteiger partial charge in [-0.2, -0.15) is 12.6 Å². The van der Waals surface area contributed by atoms with E-state index in [1.54, 1.807) is 48.8 Å². The topological polar surface area (TPSA) is 61.8 Å². The van der Waals surface area contributed by atoms with Crippen LogP contribution in [-0.2, 0) is 0 Å². The number of nitrogens with one attached hydrogen (secondary N) is 1. The lowest BCUT2D eigenvalue weighted by Crippen LogP contribution is -1.95. The van der Waals surface area contributed by atoms with E-state index in [1.165, 1.54) is 12.1 Å². The zero-order chi connectivity index (χ0) is 18.8. The number of phenols is 1. The fourth-order valence-corrected chi connectivity index (χ4v) is 3.17. The van der Waals surface area contributed by atoms with E-state index in [9.17, 15) is 9.50 Å². The monoisotopic (exact) mass is 377 g/mol. The molecule has 0 amide bonds. The van der Waals surface area contributed by atoms with E-state index in [1.807, 2.05) is 12.1 Å². The van der Waals surface area contributed by atoms with Gasteiger partial charge in [-0.05, 0) is 54.1 Å². The summed E-state index contributed by atoms with van der Waals surface area (Å²) in [5.41, 5.74) is 4.16. The maximum absolute atomic E-state index is 13.3. The summed E-state index contributed by atoms with van der Waals surface area (Å²) >= 11 is 4.70. The molecule has 0 aliphatic carbocycles. The van der Waals surface area contributed by atoms with Crippen LogP contribution in [0.2, 0.25) is 0 Å². The van der Waals surface area contributed by atoms with Crippen LogP contribution in [0.3, 0.4) is 0 Å². The summed E-state index contributed by atoms with van der Waals surface area (Å²) in [7, 11) is 0. The van der Waals surface area contributed by atoms with Gasteiger partial charge in [0.25, 0.3) is 0 Å². The van der Waals surface area contributed by atoms with Crippen LogP contribution in [0.1, 0.15) is 16.6 Å². The number of benzene rings is 2. The molecule has 2 N–H and O–H groups in total. The lowest BCUT2D eigenvalue weighted by Gasteiger charge is -2.08. The summed E-state index contributed by atoms with van der Waals surface area (Å²) in [4.78, 5) is 12.2. The molecule has 0 aliphatic heterocycles. The number of hydrogen-bond acceptors (Lipinski definition) is 4. The number of aromatic amines is 1. The van der Waals surface area contributed by atoms with E-state index in [0.717, 1.165) is 22.4 Å². The average Bonchev–Trinajstić information content (AvgIpc) is 3.15. The van der Waals surface area contributed by atoms with E-state index >= 15 is 0 Å². The fraction of sp³-hybridized carbons (Fsp3) is 0.0476. The number of rotatable bonds is 4. The molecule has 0 spiro atoms. The van der Waals surface area contributed by atoms with E-state index in [-0.39, 0.29) is 16.8 Å². The minimum absolute atomic E-state index is 0.197. The van der Waals surface area contributed by atoms with Crippen LogP contribution in [0.5, 0.6) is 5.75 Å². The molecular formula is C21H16FN3OS. The molecule has 2 aromatic heterocycles. The molecule has 4 aromatic rings. The molecule has 4 rings (SSSR count). The van der Waals surface area contributed by atoms with Crippen molar-refractivity contribution in [2.45, 2.75) is 5.25 Å². The van der Waals surface area contributed by atoms with Crippen LogP contribution in [-0.4, -0.2) is 20.1 Å². The van der Waals surface area contributed by atoms with Crippen molar-refractivity contribution in [1.82, 2.24) is 15.0 Å². The zero-order valence-corrected chi connectivity index (χ0v) is 15.1. The standard InChI is InChI=1S/C21H16FN3OS/c22-16-5-1-13(2-6-16)18-19(14-9-11-23-12-10-14)25-21(24-18)20(27)15-3-7-17(26)8-4-15/h1-12,20,26-27H,(H,24,25). The molecule has 0 saturated carbocycles. The first-order valence-corrected chi connectivity index (χ1v) is 8.86. The SMILES string of the molecule is Oc1ccc(C(S)c2nc(-c3ccc(F)cc3)c(-c3ccncc3)[nH]2)cc1. The van der Waals surface area contributed by atoms with Crippen LogP contribution in [0, 0.1) is 5.82 Å². The number of thiol groups is 1. The molecule has 0 aliphatic rings. The number of nitrogens with zero attached hydrogens (tertiary/aromatic N) is 2. The maximum atomic E-state index is 13.3. The van der Waals surface area contributed by atoms with Crippen molar-refractivity contribution < 1.29 is 9.50 Å². The Hall–Kier alpha value is -3.12. The molecule has 0 fully saturated rings. The quantitative estimate of drug-likeness (QED) is 0.439. The van der Waals surface area contributed by atoms with Crippen molar-refractivity contribution in [2.24, 2.45) is 0 Å². The average molecular weight is 377 g/mol. The van der Waals surface area contributed by atoms with Gasteiger partial charge in [0.15, 0.2) is 0 Å². The van der Waals surface area contributed by atoms with Crippen molar-refractivity contribution in [3.63, 3.8) is 0 Å². The van der Waals surface area contributed by atoms with Crippen molar-refractivity contribution >= 4 is 12.6 Å². The highest BCUT2D eigenvalue weighted by atomic mass is 32.1. The summed E-state index contributed by atoms with van der Waals surface area (Å²) in [6.07, 6.45) is 3.42. The highest BCUT2D eigenvalue weighted by Gasteiger charge is 2.19. The largest absolute Gasteiger partial charge is 0.508 e. The number of pyridine rings is 1. The highest BCUT2D eigenvalue weighted by molar-refractivity contribution is 7.80. The normalized spacial score (nSPS) is 12.1. The predicted molar refractivity (Wildman–Crippen MR) is 106 cm³/mol. The molecule has 1 unspecified atom stereocenters. The zero-order valence-electron chi connectivity index (χ0n) is 14.2. The molecule has 6 heteroatoms. The fourth-order valence-electron chi connectivity index (χ4n) is 2.88. The van der Waals surface area contributed by atoms with E-state index in [2.05, 4.69) is 9.97 Å². The number of aromatic nitrogens is 3. The first-order chi connectivity index (χ1) is 13.1. The Kier molecular flexibility index (Phi) is 4.64. The number of imidazole rings is 1. The van der Waals surface area contributed by atoms with Crippen molar-refractivity contribution in [2.75, 3.05) is 0 Å². The molecule has 1 atom stereocenters. The van der Waals surface area contributed by atoms with Gasteiger partial charge >= 0.3 is 0 Å². The van der Waals surface area contributed by atoms with Gasteiger partial charge < -0.3 is 10.1 Å². The molecular weight excluding hydrogens is 361 g/mol. The lowest BCUT2D eigenvalue weighted by atomic mass is 10.1. The Labute approximate surface area is 161 Å². The second-order valence-electron chi connectivity index (χ2n) is 6.08. The van der Waals surface area contributed by atoms with Gasteiger partial charge in [0.1, 0.15) is 17.4 Å². The van der Waals surface area contributed by atoms with Gasteiger partial charge in [-0.15, -0.1) is 0 Å². The smallest absolute Gasteiger partial charge is 0.124 e. The van der Waals surface area contributed by atoms with Gasteiger partial charge in [-0.3, -0.25) is 4.98 Å². The molecule has 2 aromatic carbocycles. The highest BCUT2D eigenvalue weighted by Crippen LogP contribution is 2.35. The number of hydrogen-bond donors (Lipinski definition) is 3. The molecule has 4 nitrogen and oxygen atoms in total. The van der Waals surface area contributed by atoms with Crippen LogP contribution in [0.4, 0.5) is 4.39 Å². The second kappa shape index (κ2) is 7.25. The third-order valence-corrected chi connectivity index (χ3v) is 4.82. The first kappa shape index (κ1) is 17.3. The Bertz CT molecular complexity index is 1050. The minimum Gasteiger partial charge on any atom is -0.508 e. The number of phenolic OH excluding ortho intramolecular Hbond substituents is 1. The Balaban J connectivity index is 1.82. The van der Waals surface area contributed by atoms with Crippen LogP contribution in [0.15, 0.2) is 73.1 Å². The summed E-state index contributed by atoms with van der Waals surface area (Å²) in [5, 5.41) is 9.19. The Morgan fingerprint density at radius 2 is 1.56 bits per heavy atom. The Morgan fingerprint density at radius 1 is 0.889 bits per heavy atom. The maximum Gasteiger partial charge on any atom is 0.124 e. The van der Waals surface area contributed by atoms with Crippen molar-refractivity contribution in [3.05, 3.63) is 90.3 Å². The third kappa shape index (κ3) is 3.57. The minimum atomic E-state index is -0.305. The molecule has 0 bridgehead atoms. The van der Waals surface area contributed by atoms with Gasteiger partial charge in [-0.25, -0.2) is 9.37 Å². The molecule has 134 valence electrons. The molecule has 0 saturated heterocycles. The van der Waals surface area contributed by atoms with Gasteiger partial charge in [-0.1, -0.05) is 12.1 Å². The van der Waals surface area contributed by atoms with Crippen LogP contribution in [0.25, 0.3) is 22.5 Å². The summed E-state index contributed by atoms with van der Waals surface area (Å²) in [6.45, 7) is 0. The van der Waals surface area contributed by atoms with Crippen LogP contribution < -0.4 is 0 Å². The van der Waals surface area contributed by atoms with Crippen LogP contribution >= 0.6 is 12.6 Å². The lowest BCUT2D eigenvalue weighted by molar-refractivity contribution is 0.475. The Morgan fingerprint density at radius 3 is 2.22 bits per heavy atom. The van der Waals surface area contributed by atoms with E-state index < -0.39 is 0 Å². The third-order valence-electron chi connectivity index (χ3n) is 4.28. The molecule has 27 heavy (non-hydrogen) atoms. The first-order valence-electron chi connectivity index (χ1n) is 8.35. The van der Waals surface area contributed by atoms with E-state index in [4.69, 9.17) is 17.6 Å².